The van der Waals surface area contributed by atoms with E-state index in [0.717, 1.165) is 36.6 Å². The predicted octanol–water partition coefficient (Wildman–Crippen LogP) is 2.35. The number of hydrogen-bond acceptors (Lipinski definition) is 5. The minimum Gasteiger partial charge on any atom is -0.345 e. The van der Waals surface area contributed by atoms with Crippen LogP contribution in [-0.4, -0.2) is 33.8 Å². The number of amides is 1. The molecule has 0 bridgehead atoms. The number of piperidine rings is 1. The minimum atomic E-state index is -0.150. The lowest BCUT2D eigenvalue weighted by molar-refractivity contribution is 0.0944. The summed E-state index contributed by atoms with van der Waals surface area (Å²) in [5, 5.41) is 13.6. The van der Waals surface area contributed by atoms with Gasteiger partial charge in [0.1, 0.15) is 5.69 Å². The molecule has 1 aliphatic heterocycles. The van der Waals surface area contributed by atoms with Crippen molar-refractivity contribution in [1.82, 2.24) is 25.4 Å². The van der Waals surface area contributed by atoms with Crippen LogP contribution in [0.1, 0.15) is 40.1 Å². The number of aromatic nitrogens is 3. The molecule has 1 amide bonds. The first-order valence-corrected chi connectivity index (χ1v) is 8.05. The van der Waals surface area contributed by atoms with Crippen molar-refractivity contribution in [2.75, 3.05) is 13.1 Å². The fourth-order valence-corrected chi connectivity index (χ4v) is 3.09. The van der Waals surface area contributed by atoms with Crippen molar-refractivity contribution < 1.29 is 4.79 Å². The second-order valence-corrected chi connectivity index (χ2v) is 6.28. The maximum Gasteiger partial charge on any atom is 0.272 e. The molecule has 3 rings (SSSR count). The van der Waals surface area contributed by atoms with Gasteiger partial charge in [-0.3, -0.25) is 9.48 Å². The highest BCUT2D eigenvalue weighted by Crippen LogP contribution is 2.15. The highest BCUT2D eigenvalue weighted by Gasteiger charge is 2.17. The van der Waals surface area contributed by atoms with Gasteiger partial charge in [0.2, 0.25) is 0 Å². The van der Waals surface area contributed by atoms with Gasteiger partial charge < -0.3 is 10.6 Å². The molecule has 0 spiro atoms. The van der Waals surface area contributed by atoms with E-state index in [1.54, 1.807) is 17.4 Å². The first kappa shape index (κ1) is 19.9. The van der Waals surface area contributed by atoms with Crippen molar-refractivity contribution in [3.05, 3.63) is 34.0 Å². The Hall–Kier alpha value is -1.15. The number of rotatable bonds is 4. The van der Waals surface area contributed by atoms with Crippen LogP contribution in [0.3, 0.4) is 0 Å². The molecular formula is C14H21Cl2N5OS. The summed E-state index contributed by atoms with van der Waals surface area (Å²) >= 11 is 1.59. The maximum atomic E-state index is 12.1. The average Bonchev–Trinajstić information content (AvgIpc) is 3.15. The average molecular weight is 378 g/mol. The molecule has 0 saturated carbocycles. The predicted molar refractivity (Wildman–Crippen MR) is 95.9 cm³/mol. The van der Waals surface area contributed by atoms with Crippen LogP contribution >= 0.6 is 36.2 Å². The minimum absolute atomic E-state index is 0. The number of carbonyl (C=O) groups excluding carboxylic acids is 1. The third-order valence-electron chi connectivity index (χ3n) is 3.58. The molecule has 2 aromatic heterocycles. The monoisotopic (exact) mass is 377 g/mol. The van der Waals surface area contributed by atoms with Crippen molar-refractivity contribution in [2.45, 2.75) is 32.4 Å². The summed E-state index contributed by atoms with van der Waals surface area (Å²) in [6, 6.07) is 2.12. The summed E-state index contributed by atoms with van der Waals surface area (Å²) in [6.45, 7) is 4.38. The van der Waals surface area contributed by atoms with E-state index in [2.05, 4.69) is 20.7 Å². The molecule has 0 aliphatic carbocycles. The third kappa shape index (κ3) is 5.17. The van der Waals surface area contributed by atoms with E-state index < -0.39 is 0 Å². The summed E-state index contributed by atoms with van der Waals surface area (Å²) < 4.78 is 1.90. The molecule has 6 nitrogen and oxygen atoms in total. The lowest BCUT2D eigenvalue weighted by Crippen LogP contribution is -2.32. The van der Waals surface area contributed by atoms with E-state index in [0.29, 0.717) is 18.3 Å². The Kier molecular flexibility index (Phi) is 7.98. The van der Waals surface area contributed by atoms with Crippen LogP contribution < -0.4 is 10.6 Å². The molecule has 1 unspecified atom stereocenters. The van der Waals surface area contributed by atoms with Gasteiger partial charge >= 0.3 is 0 Å². The summed E-state index contributed by atoms with van der Waals surface area (Å²) in [7, 11) is 0. The molecular weight excluding hydrogens is 357 g/mol. The van der Waals surface area contributed by atoms with Gasteiger partial charge in [-0.2, -0.15) is 5.10 Å². The van der Waals surface area contributed by atoms with Crippen molar-refractivity contribution in [2.24, 2.45) is 0 Å². The van der Waals surface area contributed by atoms with Crippen molar-refractivity contribution in [3.8, 4) is 0 Å². The molecule has 3 heterocycles. The zero-order chi connectivity index (χ0) is 14.7. The maximum absolute atomic E-state index is 12.1. The second-order valence-electron chi connectivity index (χ2n) is 5.22. The zero-order valence-corrected chi connectivity index (χ0v) is 15.3. The van der Waals surface area contributed by atoms with Gasteiger partial charge in [-0.1, -0.05) is 0 Å². The Bertz CT molecular complexity index is 624. The van der Waals surface area contributed by atoms with Gasteiger partial charge in [0.25, 0.3) is 5.91 Å². The van der Waals surface area contributed by atoms with Crippen LogP contribution in [0.4, 0.5) is 0 Å². The molecule has 23 heavy (non-hydrogen) atoms. The van der Waals surface area contributed by atoms with Crippen molar-refractivity contribution >= 4 is 42.1 Å². The highest BCUT2D eigenvalue weighted by atomic mass is 35.5. The van der Waals surface area contributed by atoms with Gasteiger partial charge in [0, 0.05) is 18.1 Å². The molecule has 9 heteroatoms. The molecule has 1 fully saturated rings. The van der Waals surface area contributed by atoms with E-state index in [4.69, 9.17) is 0 Å². The smallest absolute Gasteiger partial charge is 0.272 e. The SMILES string of the molecule is Cc1nc(CNC(=O)c2ccn(C3CCCNC3)n2)cs1.Cl.Cl. The number of hydrogen-bond donors (Lipinski definition) is 2. The molecule has 1 atom stereocenters. The first-order valence-electron chi connectivity index (χ1n) is 7.17. The topological polar surface area (TPSA) is 71.8 Å². The van der Waals surface area contributed by atoms with Gasteiger partial charge in [-0.05, 0) is 32.4 Å². The van der Waals surface area contributed by atoms with Crippen LogP contribution in [0.2, 0.25) is 0 Å². The van der Waals surface area contributed by atoms with Crippen molar-refractivity contribution in [3.63, 3.8) is 0 Å². The molecule has 128 valence electrons. The number of thiazole rings is 1. The molecule has 1 aliphatic rings. The summed E-state index contributed by atoms with van der Waals surface area (Å²) in [4.78, 5) is 16.4. The lowest BCUT2D eigenvalue weighted by Gasteiger charge is -2.22. The lowest BCUT2D eigenvalue weighted by atomic mass is 10.1. The Morgan fingerprint density at radius 1 is 1.52 bits per heavy atom. The number of aryl methyl sites for hydroxylation is 1. The van der Waals surface area contributed by atoms with Gasteiger partial charge in [0.05, 0.1) is 23.3 Å². The molecule has 1 saturated heterocycles. The van der Waals surface area contributed by atoms with Crippen LogP contribution in [0.15, 0.2) is 17.6 Å². The van der Waals surface area contributed by atoms with E-state index in [1.165, 1.54) is 0 Å². The fourth-order valence-electron chi connectivity index (χ4n) is 2.47. The van der Waals surface area contributed by atoms with E-state index in [-0.39, 0.29) is 30.7 Å². The van der Waals surface area contributed by atoms with Crippen LogP contribution in [0, 0.1) is 6.92 Å². The van der Waals surface area contributed by atoms with Gasteiger partial charge in [-0.15, -0.1) is 36.2 Å². The van der Waals surface area contributed by atoms with E-state index in [9.17, 15) is 4.79 Å². The quantitative estimate of drug-likeness (QED) is 0.857. The second kappa shape index (κ2) is 9.22. The molecule has 2 N–H and O–H groups in total. The van der Waals surface area contributed by atoms with E-state index >= 15 is 0 Å². The van der Waals surface area contributed by atoms with E-state index in [1.807, 2.05) is 23.2 Å². The van der Waals surface area contributed by atoms with Crippen LogP contribution in [0.25, 0.3) is 0 Å². The zero-order valence-electron chi connectivity index (χ0n) is 12.8. The highest BCUT2D eigenvalue weighted by molar-refractivity contribution is 7.09. The number of nitrogens with zero attached hydrogens (tertiary/aromatic N) is 3. The number of carbonyl (C=O) groups is 1. The summed E-state index contributed by atoms with van der Waals surface area (Å²) in [5.74, 6) is -0.150. The normalized spacial score (nSPS) is 17.0. The molecule has 0 aromatic carbocycles. The van der Waals surface area contributed by atoms with Crippen LogP contribution in [0.5, 0.6) is 0 Å². The number of nitrogens with one attached hydrogen (secondary N) is 2. The largest absolute Gasteiger partial charge is 0.345 e. The van der Waals surface area contributed by atoms with Gasteiger partial charge in [0.15, 0.2) is 0 Å². The Balaban J connectivity index is 0.00000132. The first-order chi connectivity index (χ1) is 10.2. The Morgan fingerprint density at radius 2 is 2.35 bits per heavy atom. The van der Waals surface area contributed by atoms with Crippen LogP contribution in [-0.2, 0) is 6.54 Å². The Morgan fingerprint density at radius 3 is 3.00 bits per heavy atom. The molecule has 0 radical (unpaired) electrons. The summed E-state index contributed by atoms with van der Waals surface area (Å²) in [6.07, 6.45) is 4.14. The fraction of sp³-hybridized carbons (Fsp3) is 0.500. The van der Waals surface area contributed by atoms with Gasteiger partial charge in [-0.25, -0.2) is 4.98 Å². The van der Waals surface area contributed by atoms with Crippen molar-refractivity contribution in [1.29, 1.82) is 0 Å². The number of halogens is 2. The molecule has 2 aromatic rings. The standard InChI is InChI=1S/C14H19N5OS.2ClH/c1-10-17-11(9-21-10)7-16-14(20)13-4-6-19(18-13)12-3-2-5-15-8-12;;/h4,6,9,12,15H,2-3,5,7-8H2,1H3,(H,16,20);2*1H. The Labute approximate surface area is 151 Å². The summed E-state index contributed by atoms with van der Waals surface area (Å²) in [5.41, 5.74) is 1.36. The third-order valence-corrected chi connectivity index (χ3v) is 4.40.